The van der Waals surface area contributed by atoms with E-state index in [9.17, 15) is 18.0 Å². The van der Waals surface area contributed by atoms with E-state index >= 15 is 0 Å². The highest BCUT2D eigenvalue weighted by atomic mass is 35.5. The number of anilines is 1. The molecule has 2 aromatic carbocycles. The van der Waals surface area contributed by atoms with Crippen LogP contribution in [0, 0.1) is 0 Å². The zero-order chi connectivity index (χ0) is 23.7. The maximum absolute atomic E-state index is 13.1. The van der Waals surface area contributed by atoms with Gasteiger partial charge in [-0.1, -0.05) is 54.9 Å². The van der Waals surface area contributed by atoms with Crippen molar-refractivity contribution < 1.29 is 18.0 Å². The van der Waals surface area contributed by atoms with Crippen molar-refractivity contribution in [3.05, 3.63) is 65.2 Å². The van der Waals surface area contributed by atoms with Gasteiger partial charge in [0.25, 0.3) is 0 Å². The van der Waals surface area contributed by atoms with Crippen molar-refractivity contribution in [1.82, 2.24) is 10.2 Å². The number of hydrogen-bond acceptors (Lipinski definition) is 4. The van der Waals surface area contributed by atoms with Crippen molar-refractivity contribution in [2.75, 3.05) is 24.2 Å². The lowest BCUT2D eigenvalue weighted by molar-refractivity contribution is -0.141. The summed E-state index contributed by atoms with van der Waals surface area (Å²) in [5.41, 5.74) is 1.37. The summed E-state index contributed by atoms with van der Waals surface area (Å²) in [4.78, 5) is 27.1. The van der Waals surface area contributed by atoms with Gasteiger partial charge in [0.05, 0.1) is 11.9 Å². The predicted octanol–water partition coefficient (Wildman–Crippen LogP) is 3.44. The van der Waals surface area contributed by atoms with E-state index in [0.29, 0.717) is 30.1 Å². The Labute approximate surface area is 195 Å². The van der Waals surface area contributed by atoms with Crippen LogP contribution in [-0.2, 0) is 26.2 Å². The van der Waals surface area contributed by atoms with Gasteiger partial charge < -0.3 is 10.2 Å². The van der Waals surface area contributed by atoms with E-state index in [1.165, 1.54) is 4.31 Å². The highest BCUT2D eigenvalue weighted by Crippen LogP contribution is 2.22. The van der Waals surface area contributed by atoms with Gasteiger partial charge in [0.1, 0.15) is 6.04 Å². The minimum Gasteiger partial charge on any atom is -0.357 e. The molecule has 1 N–H and O–H groups in total. The summed E-state index contributed by atoms with van der Waals surface area (Å²) in [6, 6.07) is 15.4. The monoisotopic (exact) mass is 479 g/mol. The molecule has 0 spiro atoms. The fourth-order valence-corrected chi connectivity index (χ4v) is 4.64. The number of carbonyl (C=O) groups is 2. The number of carbonyl (C=O) groups excluding carboxylic acids is 2. The Bertz CT molecular complexity index is 1010. The molecule has 0 aromatic heterocycles. The summed E-state index contributed by atoms with van der Waals surface area (Å²) >= 11 is 6.02. The second-order valence-corrected chi connectivity index (χ2v) is 9.81. The van der Waals surface area contributed by atoms with Crippen molar-refractivity contribution >= 4 is 39.1 Å². The lowest BCUT2D eigenvalue weighted by Gasteiger charge is -2.30. The van der Waals surface area contributed by atoms with E-state index in [1.807, 2.05) is 37.3 Å². The number of likely N-dealkylation sites (N-methyl/N-ethyl adjacent to an activating group) is 1. The van der Waals surface area contributed by atoms with Gasteiger partial charge in [-0.05, 0) is 36.6 Å². The molecule has 0 heterocycles. The third kappa shape index (κ3) is 7.24. The van der Waals surface area contributed by atoms with Gasteiger partial charge in [-0.25, -0.2) is 8.42 Å². The molecule has 2 amide bonds. The van der Waals surface area contributed by atoms with E-state index in [-0.39, 0.29) is 24.8 Å². The molecule has 1 unspecified atom stereocenters. The molecule has 0 radical (unpaired) electrons. The standard InChI is InChI=1S/C23H30ClN3O4S/c1-4-21(23(29)25-2)26(17-18-10-6-5-7-11-18)22(28)14-9-15-27(32(3,30)31)20-13-8-12-19(24)16-20/h5-8,10-13,16,21H,4,9,14-15,17H2,1-3H3,(H,25,29). The van der Waals surface area contributed by atoms with Crippen LogP contribution in [-0.4, -0.2) is 51.0 Å². The summed E-state index contributed by atoms with van der Waals surface area (Å²) in [6.07, 6.45) is 1.99. The Hall–Kier alpha value is -2.58. The fraction of sp³-hybridized carbons (Fsp3) is 0.391. The van der Waals surface area contributed by atoms with Gasteiger partial charge in [-0.2, -0.15) is 0 Å². The van der Waals surface area contributed by atoms with Crippen LogP contribution in [0.5, 0.6) is 0 Å². The van der Waals surface area contributed by atoms with Gasteiger partial charge in [-0.3, -0.25) is 13.9 Å². The molecule has 0 bridgehead atoms. The van der Waals surface area contributed by atoms with Crippen molar-refractivity contribution in [3.8, 4) is 0 Å². The third-order valence-electron chi connectivity index (χ3n) is 5.08. The molecule has 0 aliphatic heterocycles. The largest absolute Gasteiger partial charge is 0.357 e. The Kier molecular flexibility index (Phi) is 9.53. The number of rotatable bonds is 11. The summed E-state index contributed by atoms with van der Waals surface area (Å²) in [5, 5.41) is 3.05. The Balaban J connectivity index is 2.16. The van der Waals surface area contributed by atoms with Gasteiger partial charge in [0, 0.05) is 31.6 Å². The highest BCUT2D eigenvalue weighted by Gasteiger charge is 2.28. The Morgan fingerprint density at radius 1 is 1.09 bits per heavy atom. The maximum Gasteiger partial charge on any atom is 0.242 e. The van der Waals surface area contributed by atoms with Crippen LogP contribution in [0.25, 0.3) is 0 Å². The second kappa shape index (κ2) is 11.9. The first kappa shape index (κ1) is 25.7. The van der Waals surface area contributed by atoms with Crippen LogP contribution in [0.15, 0.2) is 54.6 Å². The van der Waals surface area contributed by atoms with Crippen molar-refractivity contribution in [2.45, 2.75) is 38.8 Å². The summed E-state index contributed by atoms with van der Waals surface area (Å²) in [6.45, 7) is 2.28. The molecular formula is C23H30ClN3O4S. The van der Waals surface area contributed by atoms with Crippen molar-refractivity contribution in [3.63, 3.8) is 0 Å². The van der Waals surface area contributed by atoms with E-state index in [1.54, 1.807) is 36.2 Å². The molecule has 7 nitrogen and oxygen atoms in total. The van der Waals surface area contributed by atoms with Crippen LogP contribution in [0.2, 0.25) is 5.02 Å². The number of amides is 2. The summed E-state index contributed by atoms with van der Waals surface area (Å²) in [7, 11) is -2.01. The normalized spacial score (nSPS) is 12.1. The average Bonchev–Trinajstić information content (AvgIpc) is 2.76. The number of sulfonamides is 1. The average molecular weight is 480 g/mol. The highest BCUT2D eigenvalue weighted by molar-refractivity contribution is 7.92. The Morgan fingerprint density at radius 3 is 2.34 bits per heavy atom. The Morgan fingerprint density at radius 2 is 1.78 bits per heavy atom. The van der Waals surface area contributed by atoms with Crippen molar-refractivity contribution in [2.24, 2.45) is 0 Å². The molecule has 2 aromatic rings. The molecule has 32 heavy (non-hydrogen) atoms. The maximum atomic E-state index is 13.1. The zero-order valence-corrected chi connectivity index (χ0v) is 20.2. The molecule has 2 rings (SSSR count). The molecule has 0 saturated heterocycles. The van der Waals surface area contributed by atoms with Gasteiger partial charge in [-0.15, -0.1) is 0 Å². The number of hydrogen-bond donors (Lipinski definition) is 1. The SMILES string of the molecule is CCC(C(=O)NC)N(Cc1ccccc1)C(=O)CCCN(c1cccc(Cl)c1)S(C)(=O)=O. The summed E-state index contributed by atoms with van der Waals surface area (Å²) < 4.78 is 25.9. The summed E-state index contributed by atoms with van der Waals surface area (Å²) in [5.74, 6) is -0.433. The number of halogens is 1. The topological polar surface area (TPSA) is 86.8 Å². The quantitative estimate of drug-likeness (QED) is 0.534. The van der Waals surface area contributed by atoms with Crippen LogP contribution < -0.4 is 9.62 Å². The second-order valence-electron chi connectivity index (χ2n) is 7.46. The first-order chi connectivity index (χ1) is 15.2. The molecule has 0 saturated carbocycles. The fourth-order valence-electron chi connectivity index (χ4n) is 3.50. The minimum absolute atomic E-state index is 0.104. The first-order valence-corrected chi connectivity index (χ1v) is 12.7. The minimum atomic E-state index is -3.55. The predicted molar refractivity (Wildman–Crippen MR) is 128 cm³/mol. The van der Waals surface area contributed by atoms with Crippen LogP contribution in [0.3, 0.4) is 0 Å². The molecule has 0 aliphatic carbocycles. The first-order valence-electron chi connectivity index (χ1n) is 10.5. The molecule has 1 atom stereocenters. The number of benzene rings is 2. The number of nitrogens with one attached hydrogen (secondary N) is 1. The third-order valence-corrected chi connectivity index (χ3v) is 6.51. The van der Waals surface area contributed by atoms with Crippen molar-refractivity contribution in [1.29, 1.82) is 0 Å². The zero-order valence-electron chi connectivity index (χ0n) is 18.6. The van der Waals surface area contributed by atoms with Gasteiger partial charge in [0.15, 0.2) is 0 Å². The van der Waals surface area contributed by atoms with E-state index < -0.39 is 16.1 Å². The molecule has 174 valence electrons. The van der Waals surface area contributed by atoms with Gasteiger partial charge >= 0.3 is 0 Å². The van der Waals surface area contributed by atoms with E-state index in [4.69, 9.17) is 11.6 Å². The molecule has 0 fully saturated rings. The van der Waals surface area contributed by atoms with E-state index in [2.05, 4.69) is 5.32 Å². The number of nitrogens with zero attached hydrogens (tertiary/aromatic N) is 2. The lowest BCUT2D eigenvalue weighted by atomic mass is 10.1. The lowest BCUT2D eigenvalue weighted by Crippen LogP contribution is -2.48. The smallest absolute Gasteiger partial charge is 0.242 e. The van der Waals surface area contributed by atoms with Gasteiger partial charge in [0.2, 0.25) is 21.8 Å². The van der Waals surface area contributed by atoms with Crippen LogP contribution >= 0.6 is 11.6 Å². The van der Waals surface area contributed by atoms with Crippen LogP contribution in [0.4, 0.5) is 5.69 Å². The molecule has 9 heteroatoms. The van der Waals surface area contributed by atoms with Crippen LogP contribution in [0.1, 0.15) is 31.7 Å². The van der Waals surface area contributed by atoms with E-state index in [0.717, 1.165) is 11.8 Å². The molecular weight excluding hydrogens is 450 g/mol. The molecule has 0 aliphatic rings.